The Hall–Kier alpha value is -2.37. The van der Waals surface area contributed by atoms with Gasteiger partial charge in [0.05, 0.1) is 0 Å². The zero-order valence-corrected chi connectivity index (χ0v) is 12.3. The summed E-state index contributed by atoms with van der Waals surface area (Å²) >= 11 is 0. The standard InChI is InChI=1S/C16H20N2O4/c19-13(17-10-12-4-2-1-3-5-12)6-8-16(15(21)22)9-7-14(20)18-11-16/h1-5H,6-11H2,(H,17,19)(H,18,20)(H,21,22)/p-1/t16-/m1/s1. The van der Waals surface area contributed by atoms with Crippen LogP contribution in [0.25, 0.3) is 0 Å². The minimum atomic E-state index is -1.21. The lowest BCUT2D eigenvalue weighted by molar-refractivity contribution is -0.320. The first kappa shape index (κ1) is 16.0. The average Bonchev–Trinajstić information content (AvgIpc) is 2.53. The van der Waals surface area contributed by atoms with Crippen LogP contribution in [-0.2, 0) is 20.9 Å². The second-order valence-corrected chi connectivity index (χ2v) is 5.61. The molecule has 118 valence electrons. The molecule has 1 aromatic carbocycles. The minimum Gasteiger partial charge on any atom is -0.549 e. The van der Waals surface area contributed by atoms with E-state index in [1.54, 1.807) is 0 Å². The summed E-state index contributed by atoms with van der Waals surface area (Å²) in [5.41, 5.74) is -0.159. The van der Waals surface area contributed by atoms with E-state index in [1.165, 1.54) is 0 Å². The predicted octanol–water partition coefficient (Wildman–Crippen LogP) is -0.271. The van der Waals surface area contributed by atoms with Gasteiger partial charge in [0.15, 0.2) is 0 Å². The summed E-state index contributed by atoms with van der Waals surface area (Å²) in [7, 11) is 0. The molecule has 0 bridgehead atoms. The largest absolute Gasteiger partial charge is 0.549 e. The molecule has 6 nitrogen and oxygen atoms in total. The van der Waals surface area contributed by atoms with E-state index >= 15 is 0 Å². The van der Waals surface area contributed by atoms with Crippen LogP contribution in [0.3, 0.4) is 0 Å². The lowest BCUT2D eigenvalue weighted by atomic mass is 9.76. The molecule has 1 aromatic rings. The summed E-state index contributed by atoms with van der Waals surface area (Å²) in [4.78, 5) is 34.4. The number of nitrogens with one attached hydrogen (secondary N) is 2. The summed E-state index contributed by atoms with van der Waals surface area (Å²) in [5.74, 6) is -1.57. The number of amides is 2. The van der Waals surface area contributed by atoms with E-state index in [9.17, 15) is 19.5 Å². The molecule has 1 heterocycles. The fraction of sp³-hybridized carbons (Fsp3) is 0.438. The highest BCUT2D eigenvalue weighted by Crippen LogP contribution is 2.31. The molecule has 1 aliphatic heterocycles. The van der Waals surface area contributed by atoms with Gasteiger partial charge in [-0.25, -0.2) is 0 Å². The van der Waals surface area contributed by atoms with Gasteiger partial charge in [-0.2, -0.15) is 0 Å². The van der Waals surface area contributed by atoms with Crippen molar-refractivity contribution in [2.75, 3.05) is 6.54 Å². The van der Waals surface area contributed by atoms with E-state index in [4.69, 9.17) is 0 Å². The molecule has 0 aromatic heterocycles. The van der Waals surface area contributed by atoms with Crippen molar-refractivity contribution in [3.63, 3.8) is 0 Å². The second kappa shape index (κ2) is 7.06. The van der Waals surface area contributed by atoms with Gasteiger partial charge in [-0.1, -0.05) is 30.3 Å². The Morgan fingerprint density at radius 1 is 1.27 bits per heavy atom. The van der Waals surface area contributed by atoms with Crippen molar-refractivity contribution in [1.82, 2.24) is 10.6 Å². The minimum absolute atomic E-state index is 0.0279. The third-order valence-corrected chi connectivity index (χ3v) is 4.05. The van der Waals surface area contributed by atoms with Crippen LogP contribution in [-0.4, -0.2) is 24.3 Å². The van der Waals surface area contributed by atoms with Gasteiger partial charge in [0, 0.05) is 37.3 Å². The summed E-state index contributed by atoms with van der Waals surface area (Å²) < 4.78 is 0. The van der Waals surface area contributed by atoms with Crippen molar-refractivity contribution in [1.29, 1.82) is 0 Å². The first-order chi connectivity index (χ1) is 10.5. The Bertz CT molecular complexity index is 547. The zero-order chi connectivity index (χ0) is 16.0. The highest BCUT2D eigenvalue weighted by atomic mass is 16.4. The van der Waals surface area contributed by atoms with E-state index in [0.717, 1.165) is 5.56 Å². The Morgan fingerprint density at radius 2 is 2.00 bits per heavy atom. The SMILES string of the molecule is O=C(CC[C@@]1(C(=O)[O-])CCC(=O)NC1)NCc1ccccc1. The van der Waals surface area contributed by atoms with Crippen LogP contribution < -0.4 is 15.7 Å². The number of carbonyl (C=O) groups is 3. The molecule has 2 amide bonds. The quantitative estimate of drug-likeness (QED) is 0.755. The molecule has 6 heteroatoms. The van der Waals surface area contributed by atoms with Crippen LogP contribution in [0.5, 0.6) is 0 Å². The molecule has 1 fully saturated rings. The predicted molar refractivity (Wildman–Crippen MR) is 77.2 cm³/mol. The van der Waals surface area contributed by atoms with Crippen molar-refractivity contribution in [3.8, 4) is 0 Å². The molecule has 22 heavy (non-hydrogen) atoms. The van der Waals surface area contributed by atoms with E-state index in [0.29, 0.717) is 6.54 Å². The normalized spacial score (nSPS) is 21.0. The van der Waals surface area contributed by atoms with Gasteiger partial charge in [-0.15, -0.1) is 0 Å². The maximum absolute atomic E-state index is 11.9. The Balaban J connectivity index is 1.83. The summed E-state index contributed by atoms with van der Waals surface area (Å²) in [6.07, 6.45) is 0.625. The van der Waals surface area contributed by atoms with Crippen LogP contribution in [0.1, 0.15) is 31.2 Å². The second-order valence-electron chi connectivity index (χ2n) is 5.61. The molecule has 1 aliphatic rings. The molecule has 1 saturated heterocycles. The van der Waals surface area contributed by atoms with Crippen LogP contribution >= 0.6 is 0 Å². The molecular formula is C16H19N2O4-. The monoisotopic (exact) mass is 303 g/mol. The number of carbonyl (C=O) groups excluding carboxylic acids is 3. The summed E-state index contributed by atoms with van der Waals surface area (Å²) in [5, 5.41) is 16.7. The molecule has 2 N–H and O–H groups in total. The van der Waals surface area contributed by atoms with E-state index in [1.807, 2.05) is 30.3 Å². The maximum atomic E-state index is 11.9. The number of rotatable bonds is 6. The molecule has 0 unspecified atom stereocenters. The first-order valence-corrected chi connectivity index (χ1v) is 7.31. The smallest absolute Gasteiger partial charge is 0.220 e. The number of carboxylic acids is 1. The third kappa shape index (κ3) is 4.07. The van der Waals surface area contributed by atoms with Gasteiger partial charge in [0.25, 0.3) is 0 Å². The first-order valence-electron chi connectivity index (χ1n) is 7.31. The van der Waals surface area contributed by atoms with Crippen molar-refractivity contribution in [3.05, 3.63) is 35.9 Å². The van der Waals surface area contributed by atoms with Crippen LogP contribution in [0.4, 0.5) is 0 Å². The molecular weight excluding hydrogens is 284 g/mol. The number of aliphatic carboxylic acids is 1. The maximum Gasteiger partial charge on any atom is 0.220 e. The van der Waals surface area contributed by atoms with Gasteiger partial charge in [0.1, 0.15) is 0 Å². The van der Waals surface area contributed by atoms with Gasteiger partial charge in [-0.05, 0) is 18.4 Å². The van der Waals surface area contributed by atoms with Gasteiger partial charge in [0.2, 0.25) is 11.8 Å². The molecule has 1 atom stereocenters. The van der Waals surface area contributed by atoms with Crippen molar-refractivity contribution in [2.45, 2.75) is 32.2 Å². The summed E-state index contributed by atoms with van der Waals surface area (Å²) in [6.45, 7) is 0.439. The van der Waals surface area contributed by atoms with Gasteiger partial charge in [-0.3, -0.25) is 9.59 Å². The van der Waals surface area contributed by atoms with Crippen LogP contribution in [0.2, 0.25) is 0 Å². The number of piperidine rings is 1. The van der Waals surface area contributed by atoms with Crippen molar-refractivity contribution >= 4 is 17.8 Å². The number of hydrogen-bond donors (Lipinski definition) is 2. The van der Waals surface area contributed by atoms with E-state index < -0.39 is 11.4 Å². The fourth-order valence-corrected chi connectivity index (χ4v) is 2.52. The Morgan fingerprint density at radius 3 is 2.59 bits per heavy atom. The molecule has 0 aliphatic carbocycles. The summed E-state index contributed by atoms with van der Waals surface area (Å²) in [6, 6.07) is 9.47. The molecule has 0 saturated carbocycles. The number of hydrogen-bond acceptors (Lipinski definition) is 4. The number of carboxylic acid groups (broad SMARTS) is 1. The topological polar surface area (TPSA) is 98.3 Å². The van der Waals surface area contributed by atoms with Gasteiger partial charge >= 0.3 is 0 Å². The lowest BCUT2D eigenvalue weighted by Gasteiger charge is -2.38. The third-order valence-electron chi connectivity index (χ3n) is 4.05. The molecule has 0 radical (unpaired) electrons. The van der Waals surface area contributed by atoms with Crippen molar-refractivity contribution in [2.24, 2.45) is 5.41 Å². The van der Waals surface area contributed by atoms with Crippen molar-refractivity contribution < 1.29 is 19.5 Å². The molecule has 2 rings (SSSR count). The lowest BCUT2D eigenvalue weighted by Crippen LogP contribution is -2.53. The van der Waals surface area contributed by atoms with E-state index in [2.05, 4.69) is 10.6 Å². The Kier molecular flexibility index (Phi) is 5.14. The van der Waals surface area contributed by atoms with Gasteiger partial charge < -0.3 is 20.5 Å². The molecule has 0 spiro atoms. The fourth-order valence-electron chi connectivity index (χ4n) is 2.52. The number of benzene rings is 1. The van der Waals surface area contributed by atoms with Crippen LogP contribution in [0.15, 0.2) is 30.3 Å². The Labute approximate surface area is 128 Å². The highest BCUT2D eigenvalue weighted by molar-refractivity contribution is 5.82. The van der Waals surface area contributed by atoms with E-state index in [-0.39, 0.29) is 44.0 Å². The van der Waals surface area contributed by atoms with Crippen LogP contribution in [0, 0.1) is 5.41 Å². The zero-order valence-electron chi connectivity index (χ0n) is 12.3. The average molecular weight is 303 g/mol. The highest BCUT2D eigenvalue weighted by Gasteiger charge is 2.36.